The normalized spacial score (nSPS) is 11.3. The fraction of sp³-hybridized carbons (Fsp3) is 0.235. The lowest BCUT2D eigenvalue weighted by atomic mass is 9.86. The van der Waals surface area contributed by atoms with Crippen LogP contribution in [0.2, 0.25) is 0 Å². The SMILES string of the molecule is CC(C)(C)c1ccc(-c2ccc(C(N)=S)cc2)cc1. The van der Waals surface area contributed by atoms with Crippen LogP contribution in [0.15, 0.2) is 48.5 Å². The molecule has 98 valence electrons. The Bertz CT molecular complexity index is 574. The number of hydrogen-bond donors (Lipinski definition) is 1. The van der Waals surface area contributed by atoms with Crippen LogP contribution in [0.5, 0.6) is 0 Å². The summed E-state index contributed by atoms with van der Waals surface area (Å²) in [6, 6.07) is 16.8. The zero-order chi connectivity index (χ0) is 14.0. The highest BCUT2D eigenvalue weighted by Crippen LogP contribution is 2.26. The van der Waals surface area contributed by atoms with E-state index in [0.717, 1.165) is 5.56 Å². The van der Waals surface area contributed by atoms with Crippen LogP contribution in [0, 0.1) is 0 Å². The van der Waals surface area contributed by atoms with Gasteiger partial charge in [0.25, 0.3) is 0 Å². The summed E-state index contributed by atoms with van der Waals surface area (Å²) < 4.78 is 0. The highest BCUT2D eigenvalue weighted by atomic mass is 32.1. The molecule has 0 heterocycles. The van der Waals surface area contributed by atoms with E-state index in [2.05, 4.69) is 57.2 Å². The summed E-state index contributed by atoms with van der Waals surface area (Å²) in [7, 11) is 0. The van der Waals surface area contributed by atoms with Gasteiger partial charge in [0.1, 0.15) is 4.99 Å². The number of thiocarbonyl (C=S) groups is 1. The summed E-state index contributed by atoms with van der Waals surface area (Å²) in [6.45, 7) is 6.66. The molecule has 0 unspecified atom stereocenters. The van der Waals surface area contributed by atoms with Crippen LogP contribution < -0.4 is 5.73 Å². The van der Waals surface area contributed by atoms with Gasteiger partial charge < -0.3 is 5.73 Å². The molecule has 0 saturated heterocycles. The van der Waals surface area contributed by atoms with E-state index in [-0.39, 0.29) is 5.41 Å². The van der Waals surface area contributed by atoms with Gasteiger partial charge in [0.2, 0.25) is 0 Å². The van der Waals surface area contributed by atoms with Crippen LogP contribution in [-0.2, 0) is 5.41 Å². The van der Waals surface area contributed by atoms with Crippen LogP contribution >= 0.6 is 12.2 Å². The van der Waals surface area contributed by atoms with Gasteiger partial charge in [0.05, 0.1) is 0 Å². The fourth-order valence-electron chi connectivity index (χ4n) is 1.99. The summed E-state index contributed by atoms with van der Waals surface area (Å²) >= 11 is 4.96. The summed E-state index contributed by atoms with van der Waals surface area (Å²) in [5.41, 5.74) is 10.4. The smallest absolute Gasteiger partial charge is 0.103 e. The van der Waals surface area contributed by atoms with E-state index < -0.39 is 0 Å². The van der Waals surface area contributed by atoms with E-state index in [4.69, 9.17) is 18.0 Å². The van der Waals surface area contributed by atoms with Gasteiger partial charge in [-0.2, -0.15) is 0 Å². The average Bonchev–Trinajstić information content (AvgIpc) is 2.38. The molecular formula is C17H19NS. The van der Waals surface area contributed by atoms with Crippen molar-refractivity contribution in [2.45, 2.75) is 26.2 Å². The van der Waals surface area contributed by atoms with Crippen LogP contribution in [0.25, 0.3) is 11.1 Å². The molecule has 0 atom stereocenters. The second-order valence-electron chi connectivity index (χ2n) is 5.77. The largest absolute Gasteiger partial charge is 0.389 e. The molecule has 0 amide bonds. The summed E-state index contributed by atoms with van der Waals surface area (Å²) in [5.74, 6) is 0. The van der Waals surface area contributed by atoms with Crippen LogP contribution in [0.3, 0.4) is 0 Å². The van der Waals surface area contributed by atoms with Gasteiger partial charge in [-0.3, -0.25) is 0 Å². The van der Waals surface area contributed by atoms with Crippen LogP contribution in [0.4, 0.5) is 0 Å². The first-order valence-electron chi connectivity index (χ1n) is 6.39. The third kappa shape index (κ3) is 3.21. The van der Waals surface area contributed by atoms with Crippen molar-refractivity contribution in [3.8, 4) is 11.1 Å². The van der Waals surface area contributed by atoms with Gasteiger partial charge in [-0.05, 0) is 22.1 Å². The number of benzene rings is 2. The lowest BCUT2D eigenvalue weighted by Gasteiger charge is -2.19. The van der Waals surface area contributed by atoms with Crippen molar-refractivity contribution in [1.29, 1.82) is 0 Å². The maximum absolute atomic E-state index is 5.60. The third-order valence-corrected chi connectivity index (χ3v) is 3.49. The predicted octanol–water partition coefficient (Wildman–Crippen LogP) is 4.29. The number of hydrogen-bond acceptors (Lipinski definition) is 1. The number of rotatable bonds is 2. The maximum atomic E-state index is 5.60. The van der Waals surface area contributed by atoms with Gasteiger partial charge >= 0.3 is 0 Å². The molecule has 0 aliphatic rings. The predicted molar refractivity (Wildman–Crippen MR) is 86.5 cm³/mol. The first-order valence-corrected chi connectivity index (χ1v) is 6.79. The van der Waals surface area contributed by atoms with Crippen molar-refractivity contribution in [2.24, 2.45) is 5.73 Å². The van der Waals surface area contributed by atoms with E-state index in [0.29, 0.717) is 4.99 Å². The molecule has 2 heteroatoms. The van der Waals surface area contributed by atoms with Gasteiger partial charge in [0, 0.05) is 5.56 Å². The first-order chi connectivity index (χ1) is 8.88. The molecule has 0 fully saturated rings. The van der Waals surface area contributed by atoms with Gasteiger partial charge in [0.15, 0.2) is 0 Å². The lowest BCUT2D eigenvalue weighted by Crippen LogP contribution is -2.10. The standard InChI is InChI=1S/C17H19NS/c1-17(2,3)15-10-8-13(9-11-15)12-4-6-14(7-5-12)16(18)19/h4-11H,1-3H3,(H2,18,19). The molecule has 2 aromatic rings. The van der Waals surface area contributed by atoms with E-state index in [9.17, 15) is 0 Å². The van der Waals surface area contributed by atoms with Gasteiger partial charge in [-0.25, -0.2) is 0 Å². The van der Waals surface area contributed by atoms with Gasteiger partial charge in [-0.1, -0.05) is 81.5 Å². The van der Waals surface area contributed by atoms with E-state index >= 15 is 0 Å². The van der Waals surface area contributed by atoms with Crippen molar-refractivity contribution < 1.29 is 0 Å². The van der Waals surface area contributed by atoms with Crippen LogP contribution in [-0.4, -0.2) is 4.99 Å². The second kappa shape index (κ2) is 5.14. The second-order valence-corrected chi connectivity index (χ2v) is 6.21. The molecule has 1 nitrogen and oxygen atoms in total. The van der Waals surface area contributed by atoms with Crippen molar-refractivity contribution in [2.75, 3.05) is 0 Å². The molecule has 2 rings (SSSR count). The molecule has 0 bridgehead atoms. The highest BCUT2D eigenvalue weighted by Gasteiger charge is 2.12. The van der Waals surface area contributed by atoms with E-state index in [1.165, 1.54) is 16.7 Å². The molecule has 0 saturated carbocycles. The molecule has 0 radical (unpaired) electrons. The minimum Gasteiger partial charge on any atom is -0.389 e. The molecule has 0 aromatic heterocycles. The summed E-state index contributed by atoms with van der Waals surface area (Å²) in [4.78, 5) is 0.439. The molecule has 0 aliphatic carbocycles. The minimum absolute atomic E-state index is 0.189. The fourth-order valence-corrected chi connectivity index (χ4v) is 2.13. The Morgan fingerprint density at radius 2 is 1.26 bits per heavy atom. The van der Waals surface area contributed by atoms with E-state index in [1.54, 1.807) is 0 Å². The first kappa shape index (κ1) is 13.8. The lowest BCUT2D eigenvalue weighted by molar-refractivity contribution is 0.590. The molecule has 2 aromatic carbocycles. The van der Waals surface area contributed by atoms with Crippen molar-refractivity contribution in [1.82, 2.24) is 0 Å². The van der Waals surface area contributed by atoms with E-state index in [1.807, 2.05) is 12.1 Å². The Kier molecular flexibility index (Phi) is 3.72. The van der Waals surface area contributed by atoms with Crippen molar-refractivity contribution in [3.05, 3.63) is 59.7 Å². The maximum Gasteiger partial charge on any atom is 0.103 e. The van der Waals surface area contributed by atoms with Gasteiger partial charge in [-0.15, -0.1) is 0 Å². The zero-order valence-electron chi connectivity index (χ0n) is 11.6. The quantitative estimate of drug-likeness (QED) is 0.823. The highest BCUT2D eigenvalue weighted by molar-refractivity contribution is 7.80. The summed E-state index contributed by atoms with van der Waals surface area (Å²) in [5, 5.41) is 0. The topological polar surface area (TPSA) is 26.0 Å². The molecular weight excluding hydrogens is 250 g/mol. The Balaban J connectivity index is 2.30. The third-order valence-electron chi connectivity index (χ3n) is 3.25. The van der Waals surface area contributed by atoms with Crippen molar-refractivity contribution in [3.63, 3.8) is 0 Å². The molecule has 0 spiro atoms. The Morgan fingerprint density at radius 3 is 1.63 bits per heavy atom. The molecule has 0 aliphatic heterocycles. The van der Waals surface area contributed by atoms with Crippen molar-refractivity contribution >= 4 is 17.2 Å². The molecule has 19 heavy (non-hydrogen) atoms. The average molecular weight is 269 g/mol. The Morgan fingerprint density at radius 1 is 0.842 bits per heavy atom. The minimum atomic E-state index is 0.189. The zero-order valence-corrected chi connectivity index (χ0v) is 12.4. The Labute approximate surface area is 120 Å². The summed E-state index contributed by atoms with van der Waals surface area (Å²) in [6.07, 6.45) is 0. The van der Waals surface area contributed by atoms with Crippen LogP contribution in [0.1, 0.15) is 31.9 Å². The Hall–Kier alpha value is -1.67. The molecule has 2 N–H and O–H groups in total. The monoisotopic (exact) mass is 269 g/mol. The number of nitrogens with two attached hydrogens (primary N) is 1.